The molecule has 0 N–H and O–H groups in total. The maximum atomic E-state index is 13.3. The van der Waals surface area contributed by atoms with E-state index >= 15 is 0 Å². The lowest BCUT2D eigenvalue weighted by Crippen LogP contribution is -2.49. The zero-order valence-corrected chi connectivity index (χ0v) is 19.7. The van der Waals surface area contributed by atoms with Crippen molar-refractivity contribution in [3.8, 4) is 0 Å². The number of halogens is 1. The third-order valence-corrected chi connectivity index (χ3v) is 6.74. The van der Waals surface area contributed by atoms with Crippen LogP contribution in [-0.4, -0.2) is 53.9 Å². The zero-order chi connectivity index (χ0) is 21.8. The molecule has 1 aromatic heterocycles. The quantitative estimate of drug-likeness (QED) is 0.573. The lowest BCUT2D eigenvalue weighted by molar-refractivity contribution is 0.170. The smallest absolute Gasteiger partial charge is 0.290 e. The first-order valence-electron chi connectivity index (χ1n) is 11.7. The van der Waals surface area contributed by atoms with Crippen molar-refractivity contribution in [2.45, 2.75) is 25.4 Å². The summed E-state index contributed by atoms with van der Waals surface area (Å²) < 4.78 is 1.75. The molecule has 3 heterocycles. The monoisotopic (exact) mass is 465 g/mol. The third-order valence-electron chi connectivity index (χ3n) is 6.74. The largest absolute Gasteiger partial charge is 0.368 e. The Morgan fingerprint density at radius 2 is 1.36 bits per heavy atom. The number of benzene rings is 2. The van der Waals surface area contributed by atoms with Gasteiger partial charge in [0.1, 0.15) is 5.69 Å². The van der Waals surface area contributed by atoms with Gasteiger partial charge in [-0.15, -0.1) is 12.4 Å². The molecule has 2 aliphatic heterocycles. The summed E-state index contributed by atoms with van der Waals surface area (Å²) in [4.78, 5) is 20.4. The van der Waals surface area contributed by atoms with Gasteiger partial charge in [0.2, 0.25) is 0 Å². The summed E-state index contributed by atoms with van der Waals surface area (Å²) in [5.74, 6) is 0. The van der Waals surface area contributed by atoms with E-state index < -0.39 is 0 Å². The normalized spacial score (nSPS) is 17.6. The van der Waals surface area contributed by atoms with Crippen LogP contribution in [0, 0.1) is 0 Å². The van der Waals surface area contributed by atoms with E-state index in [1.54, 1.807) is 10.9 Å². The number of piperidine rings is 1. The van der Waals surface area contributed by atoms with Crippen LogP contribution in [0.1, 0.15) is 24.4 Å². The van der Waals surface area contributed by atoms with Crippen LogP contribution in [0.5, 0.6) is 0 Å². The molecule has 0 aliphatic carbocycles. The van der Waals surface area contributed by atoms with E-state index in [-0.39, 0.29) is 24.0 Å². The zero-order valence-electron chi connectivity index (χ0n) is 18.9. The molecule has 0 unspecified atom stereocenters. The van der Waals surface area contributed by atoms with Crippen LogP contribution in [0.25, 0.3) is 0 Å². The summed E-state index contributed by atoms with van der Waals surface area (Å²) in [5.41, 5.74) is 3.45. The third kappa shape index (κ3) is 5.40. The van der Waals surface area contributed by atoms with Crippen LogP contribution in [0.4, 0.5) is 11.4 Å². The number of nitrogens with zero attached hydrogens (tertiary/aromatic N) is 5. The van der Waals surface area contributed by atoms with Crippen molar-refractivity contribution in [1.29, 1.82) is 0 Å². The van der Waals surface area contributed by atoms with Crippen LogP contribution < -0.4 is 15.4 Å². The topological polar surface area (TPSA) is 44.6 Å². The molecule has 3 aromatic rings. The predicted octanol–water partition coefficient (Wildman–Crippen LogP) is 3.83. The molecular formula is C26H32ClN5O. The summed E-state index contributed by atoms with van der Waals surface area (Å²) in [5, 5.41) is 4.48. The van der Waals surface area contributed by atoms with Gasteiger partial charge in [-0.3, -0.25) is 9.69 Å². The first-order valence-corrected chi connectivity index (χ1v) is 11.7. The summed E-state index contributed by atoms with van der Waals surface area (Å²) in [7, 11) is 0. The molecule has 6 nitrogen and oxygen atoms in total. The fourth-order valence-electron chi connectivity index (χ4n) is 4.93. The summed E-state index contributed by atoms with van der Waals surface area (Å²) in [6.07, 6.45) is 3.73. The number of hydrogen-bond donors (Lipinski definition) is 0. The van der Waals surface area contributed by atoms with Gasteiger partial charge in [0.25, 0.3) is 5.56 Å². The first kappa shape index (κ1) is 23.3. The molecule has 0 amide bonds. The predicted molar refractivity (Wildman–Crippen MR) is 137 cm³/mol. The molecule has 2 fully saturated rings. The molecule has 0 saturated carbocycles. The van der Waals surface area contributed by atoms with Crippen molar-refractivity contribution in [1.82, 2.24) is 14.7 Å². The van der Waals surface area contributed by atoms with E-state index in [2.05, 4.69) is 74.4 Å². The van der Waals surface area contributed by atoms with Crippen molar-refractivity contribution >= 4 is 23.8 Å². The minimum Gasteiger partial charge on any atom is -0.368 e. The molecule has 2 saturated heterocycles. The first-order chi connectivity index (χ1) is 15.8. The molecule has 2 aromatic carbocycles. The molecule has 5 rings (SSSR count). The Morgan fingerprint density at radius 3 is 2.03 bits per heavy atom. The van der Waals surface area contributed by atoms with Gasteiger partial charge in [0.15, 0.2) is 0 Å². The van der Waals surface area contributed by atoms with Crippen LogP contribution >= 0.6 is 12.4 Å². The minimum atomic E-state index is 0. The van der Waals surface area contributed by atoms with Gasteiger partial charge >= 0.3 is 0 Å². The molecule has 33 heavy (non-hydrogen) atoms. The lowest BCUT2D eigenvalue weighted by Gasteiger charge is -2.37. The second-order valence-electron chi connectivity index (χ2n) is 8.77. The van der Waals surface area contributed by atoms with Crippen LogP contribution in [0.2, 0.25) is 0 Å². The number of rotatable bonds is 5. The average Bonchev–Trinajstić information content (AvgIpc) is 2.86. The van der Waals surface area contributed by atoms with E-state index in [1.807, 2.05) is 12.1 Å². The Morgan fingerprint density at radius 1 is 0.758 bits per heavy atom. The van der Waals surface area contributed by atoms with Crippen molar-refractivity contribution < 1.29 is 0 Å². The number of para-hydroxylation sites is 1. The van der Waals surface area contributed by atoms with E-state index in [0.29, 0.717) is 0 Å². The van der Waals surface area contributed by atoms with Crippen LogP contribution in [0.15, 0.2) is 77.7 Å². The summed E-state index contributed by atoms with van der Waals surface area (Å²) >= 11 is 0. The van der Waals surface area contributed by atoms with Gasteiger partial charge in [-0.05, 0) is 36.6 Å². The van der Waals surface area contributed by atoms with Gasteiger partial charge < -0.3 is 9.80 Å². The number of anilines is 2. The molecule has 0 atom stereocenters. The van der Waals surface area contributed by atoms with Crippen LogP contribution in [0.3, 0.4) is 0 Å². The maximum absolute atomic E-state index is 13.3. The Balaban J connectivity index is 0.00000259. The van der Waals surface area contributed by atoms with Crippen LogP contribution in [-0.2, 0) is 6.54 Å². The fourth-order valence-corrected chi connectivity index (χ4v) is 4.93. The molecule has 174 valence electrons. The highest BCUT2D eigenvalue weighted by atomic mass is 35.5. The summed E-state index contributed by atoms with van der Waals surface area (Å²) in [6.45, 7) is 6.50. The maximum Gasteiger partial charge on any atom is 0.290 e. The van der Waals surface area contributed by atoms with Gasteiger partial charge in [-0.1, -0.05) is 48.5 Å². The van der Waals surface area contributed by atoms with Gasteiger partial charge in [-0.2, -0.15) is 5.10 Å². The molecule has 0 spiro atoms. The van der Waals surface area contributed by atoms with Gasteiger partial charge in [0.05, 0.1) is 6.04 Å². The standard InChI is InChI=1S/C26H31N5O.ClH/c32-26-25(30-19-17-29(18-20-30)23-9-5-2-6-10-23)11-14-27-31(26)24-12-15-28(16-13-24)21-22-7-3-1-4-8-22;/h1-11,14,24H,12-13,15-21H2;1H. The Bertz CT molecular complexity index is 1060. The molecule has 7 heteroatoms. The number of aromatic nitrogens is 2. The molecule has 0 radical (unpaired) electrons. The molecule has 0 bridgehead atoms. The average molecular weight is 466 g/mol. The highest BCUT2D eigenvalue weighted by molar-refractivity contribution is 5.85. The SMILES string of the molecule is Cl.O=c1c(N2CCN(c3ccccc3)CC2)ccnn1C1CCN(Cc2ccccc2)CC1. The van der Waals surface area contributed by atoms with E-state index in [9.17, 15) is 4.79 Å². The Labute approximate surface area is 201 Å². The summed E-state index contributed by atoms with van der Waals surface area (Å²) in [6, 6.07) is 23.2. The highest BCUT2D eigenvalue weighted by Gasteiger charge is 2.25. The number of likely N-dealkylation sites (tertiary alicyclic amines) is 1. The number of hydrogen-bond acceptors (Lipinski definition) is 5. The fraction of sp³-hybridized carbons (Fsp3) is 0.385. The Hall–Kier alpha value is -2.83. The van der Waals surface area contributed by atoms with Crippen molar-refractivity contribution in [2.24, 2.45) is 0 Å². The minimum absolute atomic E-state index is 0. The second-order valence-corrected chi connectivity index (χ2v) is 8.77. The van der Waals surface area contributed by atoms with Crippen molar-refractivity contribution in [3.05, 3.63) is 88.8 Å². The highest BCUT2D eigenvalue weighted by Crippen LogP contribution is 2.23. The van der Waals surface area contributed by atoms with E-state index in [1.165, 1.54) is 11.3 Å². The van der Waals surface area contributed by atoms with E-state index in [0.717, 1.165) is 64.3 Å². The van der Waals surface area contributed by atoms with Crippen molar-refractivity contribution in [2.75, 3.05) is 49.1 Å². The second kappa shape index (κ2) is 10.9. The molecule has 2 aliphatic rings. The van der Waals surface area contributed by atoms with Crippen molar-refractivity contribution in [3.63, 3.8) is 0 Å². The molecular weight excluding hydrogens is 434 g/mol. The van der Waals surface area contributed by atoms with Gasteiger partial charge in [0, 0.05) is 57.7 Å². The Kier molecular flexibility index (Phi) is 7.68. The van der Waals surface area contributed by atoms with E-state index in [4.69, 9.17) is 0 Å². The van der Waals surface area contributed by atoms with Gasteiger partial charge in [-0.25, -0.2) is 4.68 Å². The lowest BCUT2D eigenvalue weighted by atomic mass is 10.0. The number of piperazine rings is 1.